The topological polar surface area (TPSA) is 55.7 Å². The number of aromatic nitrogens is 1. The Labute approximate surface area is 163 Å². The quantitative estimate of drug-likeness (QED) is 0.421. The molecule has 1 N–H and O–H groups in total. The van der Waals surface area contributed by atoms with Crippen LogP contribution in [0.5, 0.6) is 11.5 Å². The van der Waals surface area contributed by atoms with E-state index in [9.17, 15) is 0 Å². The van der Waals surface area contributed by atoms with Crippen molar-refractivity contribution >= 4 is 22.7 Å². The molecule has 0 aliphatic heterocycles. The minimum Gasteiger partial charge on any atom is -0.494 e. The van der Waals surface area contributed by atoms with Crippen LogP contribution in [0.15, 0.2) is 53.6 Å². The van der Waals surface area contributed by atoms with Gasteiger partial charge in [0, 0.05) is 10.4 Å². The number of hydrogen-bond donors (Lipinski definition) is 1. The second-order valence-corrected chi connectivity index (χ2v) is 6.96. The van der Waals surface area contributed by atoms with E-state index in [0.29, 0.717) is 13.2 Å². The molecule has 0 amide bonds. The normalized spacial score (nSPS) is 10.9. The SMILES string of the molecule is CCOc1ccc(C=NNc2nc(-c3ccc(OCC)cc3)c(C)s2)cc1. The van der Waals surface area contributed by atoms with E-state index < -0.39 is 0 Å². The zero-order valence-electron chi connectivity index (χ0n) is 15.7. The molecule has 0 fully saturated rings. The van der Waals surface area contributed by atoms with Gasteiger partial charge in [-0.25, -0.2) is 4.98 Å². The summed E-state index contributed by atoms with van der Waals surface area (Å²) in [6, 6.07) is 15.8. The largest absolute Gasteiger partial charge is 0.494 e. The molecule has 3 rings (SSSR count). The van der Waals surface area contributed by atoms with Crippen molar-refractivity contribution in [1.29, 1.82) is 0 Å². The first-order chi connectivity index (χ1) is 13.2. The summed E-state index contributed by atoms with van der Waals surface area (Å²) in [7, 11) is 0. The van der Waals surface area contributed by atoms with E-state index in [1.165, 1.54) is 0 Å². The summed E-state index contributed by atoms with van der Waals surface area (Å²) in [5, 5.41) is 5.05. The Morgan fingerprint density at radius 3 is 2.15 bits per heavy atom. The lowest BCUT2D eigenvalue weighted by molar-refractivity contribution is 0.340. The summed E-state index contributed by atoms with van der Waals surface area (Å²) in [5.41, 5.74) is 6.03. The van der Waals surface area contributed by atoms with Gasteiger partial charge < -0.3 is 9.47 Å². The van der Waals surface area contributed by atoms with Crippen LogP contribution in [0.25, 0.3) is 11.3 Å². The van der Waals surface area contributed by atoms with Crippen molar-refractivity contribution in [2.24, 2.45) is 5.10 Å². The smallest absolute Gasteiger partial charge is 0.204 e. The van der Waals surface area contributed by atoms with Gasteiger partial charge in [0.25, 0.3) is 0 Å². The molecule has 0 atom stereocenters. The highest BCUT2D eigenvalue weighted by Gasteiger charge is 2.09. The van der Waals surface area contributed by atoms with E-state index in [1.54, 1.807) is 17.6 Å². The van der Waals surface area contributed by atoms with Crippen molar-refractivity contribution < 1.29 is 9.47 Å². The van der Waals surface area contributed by atoms with E-state index in [2.05, 4.69) is 22.4 Å². The highest BCUT2D eigenvalue weighted by atomic mass is 32.1. The number of thiazole rings is 1. The number of rotatable bonds is 8. The number of hydrazone groups is 1. The summed E-state index contributed by atoms with van der Waals surface area (Å²) in [6.07, 6.45) is 1.77. The number of anilines is 1. The van der Waals surface area contributed by atoms with Crippen molar-refractivity contribution in [3.63, 3.8) is 0 Å². The molecule has 0 aliphatic carbocycles. The first-order valence-corrected chi connectivity index (χ1v) is 9.73. The fourth-order valence-corrected chi connectivity index (χ4v) is 3.35. The Kier molecular flexibility index (Phi) is 6.44. The molecule has 0 aliphatic rings. The summed E-state index contributed by atoms with van der Waals surface area (Å²) in [5.74, 6) is 1.73. The number of aryl methyl sites for hydroxylation is 1. The molecular weight excluding hydrogens is 358 g/mol. The lowest BCUT2D eigenvalue weighted by Gasteiger charge is -2.03. The van der Waals surface area contributed by atoms with E-state index >= 15 is 0 Å². The van der Waals surface area contributed by atoms with Gasteiger partial charge in [-0.1, -0.05) is 0 Å². The zero-order valence-corrected chi connectivity index (χ0v) is 16.5. The van der Waals surface area contributed by atoms with Crippen molar-refractivity contribution in [3.05, 3.63) is 59.0 Å². The monoisotopic (exact) mass is 381 g/mol. The summed E-state index contributed by atoms with van der Waals surface area (Å²) in [4.78, 5) is 5.80. The minimum absolute atomic E-state index is 0.662. The van der Waals surface area contributed by atoms with Gasteiger partial charge in [-0.15, -0.1) is 11.3 Å². The van der Waals surface area contributed by atoms with Crippen LogP contribution >= 0.6 is 11.3 Å². The minimum atomic E-state index is 0.662. The highest BCUT2D eigenvalue weighted by Crippen LogP contribution is 2.31. The van der Waals surface area contributed by atoms with E-state index in [0.717, 1.165) is 38.3 Å². The van der Waals surface area contributed by atoms with Crippen LogP contribution in [0.2, 0.25) is 0 Å². The number of benzene rings is 2. The van der Waals surface area contributed by atoms with Crippen molar-refractivity contribution in [2.45, 2.75) is 20.8 Å². The molecule has 6 heteroatoms. The van der Waals surface area contributed by atoms with Gasteiger partial charge in [-0.3, -0.25) is 5.43 Å². The fourth-order valence-electron chi connectivity index (χ4n) is 2.57. The number of nitrogens with one attached hydrogen (secondary N) is 1. The van der Waals surface area contributed by atoms with Crippen LogP contribution in [0.4, 0.5) is 5.13 Å². The van der Waals surface area contributed by atoms with E-state index in [4.69, 9.17) is 9.47 Å². The summed E-state index contributed by atoms with van der Waals surface area (Å²) in [6.45, 7) is 7.33. The molecular formula is C21H23N3O2S. The molecule has 3 aromatic rings. The molecule has 5 nitrogen and oxygen atoms in total. The average molecular weight is 382 g/mol. The molecule has 0 spiro atoms. The maximum atomic E-state index is 5.49. The summed E-state index contributed by atoms with van der Waals surface area (Å²) < 4.78 is 10.9. The lowest BCUT2D eigenvalue weighted by Crippen LogP contribution is -1.93. The Morgan fingerprint density at radius 2 is 1.56 bits per heavy atom. The summed E-state index contributed by atoms with van der Waals surface area (Å²) >= 11 is 1.58. The molecule has 0 saturated carbocycles. The van der Waals surface area contributed by atoms with Gasteiger partial charge in [0.05, 0.1) is 25.1 Å². The number of hydrogen-bond acceptors (Lipinski definition) is 6. The predicted molar refractivity (Wildman–Crippen MR) is 112 cm³/mol. The second-order valence-electron chi connectivity index (χ2n) is 5.75. The van der Waals surface area contributed by atoms with Gasteiger partial charge in [-0.05, 0) is 74.9 Å². The van der Waals surface area contributed by atoms with Gasteiger partial charge in [0.15, 0.2) is 0 Å². The average Bonchev–Trinajstić information content (AvgIpc) is 3.05. The molecule has 0 bridgehead atoms. The fraction of sp³-hybridized carbons (Fsp3) is 0.238. The van der Waals surface area contributed by atoms with Gasteiger partial charge in [-0.2, -0.15) is 5.10 Å². The molecule has 0 radical (unpaired) electrons. The van der Waals surface area contributed by atoms with Gasteiger partial charge >= 0.3 is 0 Å². The highest BCUT2D eigenvalue weighted by molar-refractivity contribution is 7.15. The number of ether oxygens (including phenoxy) is 2. The van der Waals surface area contributed by atoms with Crippen LogP contribution < -0.4 is 14.9 Å². The second kappa shape index (κ2) is 9.19. The lowest BCUT2D eigenvalue weighted by atomic mass is 10.1. The number of nitrogens with zero attached hydrogens (tertiary/aromatic N) is 2. The Bertz CT molecular complexity index is 887. The van der Waals surface area contributed by atoms with Crippen LogP contribution in [-0.2, 0) is 0 Å². The van der Waals surface area contributed by atoms with Crippen LogP contribution in [0.3, 0.4) is 0 Å². The Balaban J connectivity index is 1.65. The first-order valence-electron chi connectivity index (χ1n) is 8.92. The Morgan fingerprint density at radius 1 is 0.963 bits per heavy atom. The van der Waals surface area contributed by atoms with E-state index in [1.807, 2.05) is 62.4 Å². The molecule has 27 heavy (non-hydrogen) atoms. The Hall–Kier alpha value is -2.86. The zero-order chi connectivity index (χ0) is 19.1. The first kappa shape index (κ1) is 18.9. The van der Waals surface area contributed by atoms with Crippen LogP contribution in [0, 0.1) is 6.92 Å². The molecule has 1 heterocycles. The predicted octanol–water partition coefficient (Wildman–Crippen LogP) is 5.36. The maximum absolute atomic E-state index is 5.49. The van der Waals surface area contributed by atoms with Gasteiger partial charge in [0.1, 0.15) is 11.5 Å². The molecule has 1 aromatic heterocycles. The standard InChI is InChI=1S/C21H23N3O2S/c1-4-25-18-10-6-16(7-11-18)14-22-24-21-23-20(15(3)27-21)17-8-12-19(13-9-17)26-5-2/h6-14H,4-5H2,1-3H3,(H,23,24). The van der Waals surface area contributed by atoms with Crippen molar-refractivity contribution in [1.82, 2.24) is 4.98 Å². The van der Waals surface area contributed by atoms with Gasteiger partial charge in [0.2, 0.25) is 5.13 Å². The van der Waals surface area contributed by atoms with Crippen LogP contribution in [-0.4, -0.2) is 24.4 Å². The molecule has 140 valence electrons. The van der Waals surface area contributed by atoms with E-state index in [-0.39, 0.29) is 0 Å². The molecule has 0 unspecified atom stereocenters. The third kappa shape index (κ3) is 5.08. The van der Waals surface area contributed by atoms with Crippen LogP contribution in [0.1, 0.15) is 24.3 Å². The maximum Gasteiger partial charge on any atom is 0.204 e. The van der Waals surface area contributed by atoms with Crippen molar-refractivity contribution in [2.75, 3.05) is 18.6 Å². The molecule has 2 aromatic carbocycles. The third-order valence-electron chi connectivity index (χ3n) is 3.80. The van der Waals surface area contributed by atoms with Crippen molar-refractivity contribution in [3.8, 4) is 22.8 Å². The third-order valence-corrected chi connectivity index (χ3v) is 4.68. The molecule has 0 saturated heterocycles.